The summed E-state index contributed by atoms with van der Waals surface area (Å²) in [7, 11) is 0. The third-order valence-electron chi connectivity index (χ3n) is 5.25. The van der Waals surface area contributed by atoms with E-state index in [1.165, 1.54) is 17.9 Å². The van der Waals surface area contributed by atoms with Crippen molar-refractivity contribution in [2.24, 2.45) is 5.92 Å². The van der Waals surface area contributed by atoms with Gasteiger partial charge in [0.25, 0.3) is 0 Å². The van der Waals surface area contributed by atoms with Crippen LogP contribution in [0.1, 0.15) is 26.2 Å². The van der Waals surface area contributed by atoms with Crippen molar-refractivity contribution in [1.82, 2.24) is 10.2 Å². The van der Waals surface area contributed by atoms with Gasteiger partial charge in [-0.15, -0.1) is 0 Å². The average molecular weight is 392 g/mol. The fourth-order valence-electron chi connectivity index (χ4n) is 3.64. The first-order chi connectivity index (χ1) is 13.2. The molecule has 0 radical (unpaired) electrons. The van der Waals surface area contributed by atoms with Gasteiger partial charge in [0.2, 0.25) is 0 Å². The SMILES string of the molecule is CCOc1ccc(NC(=O)C(=O)NCC2CCN([C@H]3CCSC3)CC2)cc1. The lowest BCUT2D eigenvalue weighted by Gasteiger charge is -2.35. The molecular formula is C20H29N3O3S. The number of thioether (sulfide) groups is 1. The molecule has 2 amide bonds. The van der Waals surface area contributed by atoms with Gasteiger partial charge in [-0.05, 0) is 75.2 Å². The normalized spacial score (nSPS) is 21.0. The fourth-order valence-corrected chi connectivity index (χ4v) is 4.89. The first-order valence-electron chi connectivity index (χ1n) is 9.79. The van der Waals surface area contributed by atoms with Gasteiger partial charge < -0.3 is 15.4 Å². The maximum absolute atomic E-state index is 12.1. The van der Waals surface area contributed by atoms with Crippen LogP contribution in [0.3, 0.4) is 0 Å². The molecule has 0 spiro atoms. The van der Waals surface area contributed by atoms with Gasteiger partial charge in [0, 0.05) is 24.0 Å². The molecule has 2 saturated heterocycles. The predicted molar refractivity (Wildman–Crippen MR) is 109 cm³/mol. The lowest BCUT2D eigenvalue weighted by Crippen LogP contribution is -2.45. The van der Waals surface area contributed by atoms with Crippen molar-refractivity contribution < 1.29 is 14.3 Å². The minimum atomic E-state index is -0.625. The molecule has 1 aromatic rings. The minimum absolute atomic E-state index is 0.456. The van der Waals surface area contributed by atoms with Crippen LogP contribution in [0.25, 0.3) is 0 Å². The van der Waals surface area contributed by atoms with Crippen LogP contribution in [-0.4, -0.2) is 60.5 Å². The number of rotatable bonds is 6. The van der Waals surface area contributed by atoms with Crippen molar-refractivity contribution >= 4 is 29.3 Å². The number of ether oxygens (including phenoxy) is 1. The Labute approximate surface area is 165 Å². The lowest BCUT2D eigenvalue weighted by molar-refractivity contribution is -0.136. The quantitative estimate of drug-likeness (QED) is 0.729. The Bertz CT molecular complexity index is 624. The Morgan fingerprint density at radius 3 is 2.52 bits per heavy atom. The largest absolute Gasteiger partial charge is 0.494 e. The number of carbonyl (C=O) groups excluding carboxylic acids is 2. The van der Waals surface area contributed by atoms with Gasteiger partial charge in [0.15, 0.2) is 0 Å². The summed E-state index contributed by atoms with van der Waals surface area (Å²) in [4.78, 5) is 26.7. The second-order valence-electron chi connectivity index (χ2n) is 7.12. The number of nitrogens with one attached hydrogen (secondary N) is 2. The molecule has 2 heterocycles. The second kappa shape index (κ2) is 9.99. The van der Waals surface area contributed by atoms with Gasteiger partial charge in [0.05, 0.1) is 6.61 Å². The van der Waals surface area contributed by atoms with Gasteiger partial charge in [-0.3, -0.25) is 14.5 Å². The molecule has 6 nitrogen and oxygen atoms in total. The molecule has 2 aliphatic heterocycles. The zero-order chi connectivity index (χ0) is 19.1. The number of anilines is 1. The van der Waals surface area contributed by atoms with Crippen LogP contribution >= 0.6 is 11.8 Å². The third kappa shape index (κ3) is 5.87. The molecule has 7 heteroatoms. The summed E-state index contributed by atoms with van der Waals surface area (Å²) < 4.78 is 5.36. The average Bonchev–Trinajstić information content (AvgIpc) is 3.23. The zero-order valence-corrected chi connectivity index (χ0v) is 16.7. The summed E-state index contributed by atoms with van der Waals surface area (Å²) in [6, 6.07) is 7.74. The molecule has 0 aromatic heterocycles. The molecule has 0 bridgehead atoms. The first kappa shape index (κ1) is 20.0. The molecule has 2 N–H and O–H groups in total. The first-order valence-corrected chi connectivity index (χ1v) is 10.9. The molecule has 1 aromatic carbocycles. The van der Waals surface area contributed by atoms with Crippen LogP contribution in [0, 0.1) is 5.92 Å². The summed E-state index contributed by atoms with van der Waals surface area (Å²) in [5, 5.41) is 5.42. The zero-order valence-electron chi connectivity index (χ0n) is 15.9. The van der Waals surface area contributed by atoms with E-state index in [4.69, 9.17) is 4.74 Å². The summed E-state index contributed by atoms with van der Waals surface area (Å²) in [6.45, 7) is 5.28. The summed E-state index contributed by atoms with van der Waals surface area (Å²) >= 11 is 2.05. The summed E-state index contributed by atoms with van der Waals surface area (Å²) in [5.41, 5.74) is 0.585. The minimum Gasteiger partial charge on any atom is -0.494 e. The summed E-state index contributed by atoms with van der Waals surface area (Å²) in [5.74, 6) is 2.54. The molecule has 3 rings (SSSR count). The maximum atomic E-state index is 12.1. The van der Waals surface area contributed by atoms with Crippen molar-refractivity contribution in [3.8, 4) is 5.75 Å². The highest BCUT2D eigenvalue weighted by molar-refractivity contribution is 7.99. The van der Waals surface area contributed by atoms with Gasteiger partial charge in [-0.1, -0.05) is 0 Å². The van der Waals surface area contributed by atoms with Gasteiger partial charge in [-0.2, -0.15) is 11.8 Å². The van der Waals surface area contributed by atoms with Crippen molar-refractivity contribution in [3.63, 3.8) is 0 Å². The van der Waals surface area contributed by atoms with Gasteiger partial charge in [-0.25, -0.2) is 0 Å². The standard InChI is InChI=1S/C20H29N3O3S/c1-2-26-18-5-3-16(4-6-18)22-20(25)19(24)21-13-15-7-10-23(11-8-15)17-9-12-27-14-17/h3-6,15,17H,2,7-14H2,1H3,(H,21,24)(H,22,25)/t17-/m0/s1. The van der Waals surface area contributed by atoms with Gasteiger partial charge >= 0.3 is 11.8 Å². The Morgan fingerprint density at radius 2 is 1.89 bits per heavy atom. The van der Waals surface area contributed by atoms with Crippen LogP contribution in [0.2, 0.25) is 0 Å². The number of likely N-dealkylation sites (tertiary alicyclic amines) is 1. The van der Waals surface area contributed by atoms with E-state index in [0.29, 0.717) is 24.8 Å². The van der Waals surface area contributed by atoms with Crippen LogP contribution in [0.5, 0.6) is 5.75 Å². The third-order valence-corrected chi connectivity index (χ3v) is 6.40. The Morgan fingerprint density at radius 1 is 1.15 bits per heavy atom. The number of nitrogens with zero attached hydrogens (tertiary/aromatic N) is 1. The van der Waals surface area contributed by atoms with E-state index in [0.717, 1.165) is 37.7 Å². The molecular weight excluding hydrogens is 362 g/mol. The van der Waals surface area contributed by atoms with Crippen molar-refractivity contribution in [3.05, 3.63) is 24.3 Å². The Kier molecular flexibility index (Phi) is 7.41. The number of amides is 2. The molecule has 1 atom stereocenters. The van der Waals surface area contributed by atoms with E-state index in [2.05, 4.69) is 15.5 Å². The van der Waals surface area contributed by atoms with E-state index < -0.39 is 11.8 Å². The van der Waals surface area contributed by atoms with E-state index in [1.54, 1.807) is 24.3 Å². The number of hydrogen-bond acceptors (Lipinski definition) is 5. The van der Waals surface area contributed by atoms with E-state index in [1.807, 2.05) is 18.7 Å². The molecule has 0 aliphatic carbocycles. The van der Waals surface area contributed by atoms with Crippen LogP contribution in [0.4, 0.5) is 5.69 Å². The van der Waals surface area contributed by atoms with E-state index in [9.17, 15) is 9.59 Å². The molecule has 148 valence electrons. The Hall–Kier alpha value is -1.73. The van der Waals surface area contributed by atoms with Crippen LogP contribution < -0.4 is 15.4 Å². The fraction of sp³-hybridized carbons (Fsp3) is 0.600. The number of benzene rings is 1. The smallest absolute Gasteiger partial charge is 0.313 e. The predicted octanol–water partition coefficient (Wildman–Crippen LogP) is 2.36. The maximum Gasteiger partial charge on any atom is 0.313 e. The van der Waals surface area contributed by atoms with Crippen molar-refractivity contribution in [1.29, 1.82) is 0 Å². The highest BCUT2D eigenvalue weighted by atomic mass is 32.2. The van der Waals surface area contributed by atoms with E-state index in [-0.39, 0.29) is 0 Å². The monoisotopic (exact) mass is 391 g/mol. The highest BCUT2D eigenvalue weighted by Crippen LogP contribution is 2.26. The second-order valence-corrected chi connectivity index (χ2v) is 8.27. The summed E-state index contributed by atoms with van der Waals surface area (Å²) in [6.07, 6.45) is 3.47. The topological polar surface area (TPSA) is 70.7 Å². The highest BCUT2D eigenvalue weighted by Gasteiger charge is 2.27. The number of piperidine rings is 1. The molecule has 0 unspecified atom stereocenters. The number of carbonyl (C=O) groups is 2. The lowest BCUT2D eigenvalue weighted by atomic mass is 9.95. The molecule has 2 aliphatic rings. The number of hydrogen-bond donors (Lipinski definition) is 2. The Balaban J connectivity index is 1.36. The molecule has 27 heavy (non-hydrogen) atoms. The van der Waals surface area contributed by atoms with Crippen LogP contribution in [0.15, 0.2) is 24.3 Å². The van der Waals surface area contributed by atoms with Crippen molar-refractivity contribution in [2.75, 3.05) is 43.1 Å². The van der Waals surface area contributed by atoms with E-state index >= 15 is 0 Å². The van der Waals surface area contributed by atoms with Crippen LogP contribution in [-0.2, 0) is 9.59 Å². The van der Waals surface area contributed by atoms with Crippen molar-refractivity contribution in [2.45, 2.75) is 32.2 Å². The molecule has 0 saturated carbocycles. The molecule has 2 fully saturated rings. The van der Waals surface area contributed by atoms with Gasteiger partial charge in [0.1, 0.15) is 5.75 Å².